The number of hydrogen-bond acceptors (Lipinski definition) is 1. The average molecular weight is 227 g/mol. The molecule has 0 amide bonds. The van der Waals surface area contributed by atoms with Gasteiger partial charge in [-0.2, -0.15) is 0 Å². The zero-order valence-electron chi connectivity index (χ0n) is 9.46. The zero-order chi connectivity index (χ0) is 11.3. The summed E-state index contributed by atoms with van der Waals surface area (Å²) < 4.78 is 0. The topological polar surface area (TPSA) is 20.2 Å². The molecule has 1 rings (SSSR count). The molecule has 1 aromatic carbocycles. The lowest BCUT2D eigenvalue weighted by Gasteiger charge is -2.26. The fraction of sp³-hybridized carbons (Fsp3) is 0.538. The van der Waals surface area contributed by atoms with Crippen LogP contribution in [0.3, 0.4) is 0 Å². The van der Waals surface area contributed by atoms with Gasteiger partial charge >= 0.3 is 0 Å². The smallest absolute Gasteiger partial charge is 0.0685 e. The van der Waals surface area contributed by atoms with Crippen LogP contribution in [-0.2, 0) is 6.42 Å². The van der Waals surface area contributed by atoms with Crippen molar-refractivity contribution in [3.05, 3.63) is 34.9 Å². The Kier molecular flexibility index (Phi) is 4.62. The number of aliphatic hydroxyl groups is 1. The molecule has 1 aromatic rings. The molecule has 0 radical (unpaired) electrons. The average Bonchev–Trinajstić information content (AvgIpc) is 2.18. The summed E-state index contributed by atoms with van der Waals surface area (Å²) in [6.45, 7) is 4.12. The molecule has 0 saturated heterocycles. The van der Waals surface area contributed by atoms with Crippen molar-refractivity contribution in [2.75, 3.05) is 0 Å². The second kappa shape index (κ2) is 5.53. The maximum absolute atomic E-state index is 10.3. The number of rotatable bonds is 5. The third-order valence-electron chi connectivity index (χ3n) is 2.80. The first-order valence-corrected chi connectivity index (χ1v) is 5.94. The quantitative estimate of drug-likeness (QED) is 0.809. The fourth-order valence-electron chi connectivity index (χ4n) is 1.88. The van der Waals surface area contributed by atoms with Crippen LogP contribution in [0, 0.1) is 0 Å². The van der Waals surface area contributed by atoms with Gasteiger partial charge in [-0.1, -0.05) is 44.0 Å². The van der Waals surface area contributed by atoms with E-state index in [9.17, 15) is 5.11 Å². The van der Waals surface area contributed by atoms with Crippen molar-refractivity contribution in [2.24, 2.45) is 0 Å². The van der Waals surface area contributed by atoms with Crippen molar-refractivity contribution in [2.45, 2.75) is 45.1 Å². The molecule has 0 aromatic heterocycles. The van der Waals surface area contributed by atoms with Crippen molar-refractivity contribution in [3.8, 4) is 0 Å². The molecule has 0 bridgehead atoms. The van der Waals surface area contributed by atoms with E-state index < -0.39 is 5.60 Å². The summed E-state index contributed by atoms with van der Waals surface area (Å²) >= 11 is 5.91. The van der Waals surface area contributed by atoms with Crippen molar-refractivity contribution in [3.63, 3.8) is 0 Å². The van der Waals surface area contributed by atoms with E-state index in [1.165, 1.54) is 0 Å². The maximum atomic E-state index is 10.3. The molecule has 1 nitrogen and oxygen atoms in total. The largest absolute Gasteiger partial charge is 0.390 e. The summed E-state index contributed by atoms with van der Waals surface area (Å²) in [5, 5.41) is 11.1. The van der Waals surface area contributed by atoms with E-state index in [1.807, 2.05) is 31.2 Å². The normalized spacial score (nSPS) is 14.9. The van der Waals surface area contributed by atoms with Crippen molar-refractivity contribution < 1.29 is 5.11 Å². The Bertz CT molecular complexity index is 311. The van der Waals surface area contributed by atoms with Gasteiger partial charge in [0.05, 0.1) is 5.60 Å². The van der Waals surface area contributed by atoms with Gasteiger partial charge in [0, 0.05) is 11.4 Å². The third kappa shape index (κ3) is 3.84. The minimum absolute atomic E-state index is 0.570. The van der Waals surface area contributed by atoms with Crippen LogP contribution >= 0.6 is 11.6 Å². The first-order valence-electron chi connectivity index (χ1n) is 5.56. The Hall–Kier alpha value is -0.530. The molecular formula is C13H19ClO. The van der Waals surface area contributed by atoms with Crippen LogP contribution in [0.2, 0.25) is 5.02 Å². The molecular weight excluding hydrogens is 208 g/mol. The lowest BCUT2D eigenvalue weighted by molar-refractivity contribution is 0.0271. The van der Waals surface area contributed by atoms with E-state index in [1.54, 1.807) is 0 Å². The van der Waals surface area contributed by atoms with Crippen LogP contribution in [0.4, 0.5) is 0 Å². The van der Waals surface area contributed by atoms with Crippen LogP contribution in [0.15, 0.2) is 24.3 Å². The molecule has 1 unspecified atom stereocenters. The van der Waals surface area contributed by atoms with E-state index in [4.69, 9.17) is 11.6 Å². The summed E-state index contributed by atoms with van der Waals surface area (Å²) in [5.41, 5.74) is 0.541. The fourth-order valence-corrected chi connectivity index (χ4v) is 2.10. The molecule has 1 N–H and O–H groups in total. The van der Waals surface area contributed by atoms with Gasteiger partial charge in [0.2, 0.25) is 0 Å². The van der Waals surface area contributed by atoms with E-state index >= 15 is 0 Å². The predicted octanol–water partition coefficient (Wildman–Crippen LogP) is 3.82. The van der Waals surface area contributed by atoms with Crippen LogP contribution in [0.5, 0.6) is 0 Å². The minimum atomic E-state index is -0.570. The van der Waals surface area contributed by atoms with Crippen molar-refractivity contribution in [1.29, 1.82) is 0 Å². The van der Waals surface area contributed by atoms with Crippen LogP contribution < -0.4 is 0 Å². The second-order valence-electron chi connectivity index (χ2n) is 4.13. The summed E-state index contributed by atoms with van der Waals surface area (Å²) in [7, 11) is 0. The summed E-state index contributed by atoms with van der Waals surface area (Å²) in [6, 6.07) is 7.73. The summed E-state index contributed by atoms with van der Waals surface area (Å²) in [5.74, 6) is 0. The number of hydrogen-bond donors (Lipinski definition) is 1. The highest BCUT2D eigenvalue weighted by atomic mass is 35.5. The number of halogens is 1. The third-order valence-corrected chi connectivity index (χ3v) is 3.03. The SMILES string of the molecule is CCCC(O)(CC)Cc1cccc(Cl)c1. The van der Waals surface area contributed by atoms with Gasteiger partial charge in [0.25, 0.3) is 0 Å². The number of benzene rings is 1. The molecule has 0 aliphatic rings. The molecule has 0 saturated carbocycles. The lowest BCUT2D eigenvalue weighted by Crippen LogP contribution is -2.30. The minimum Gasteiger partial charge on any atom is -0.390 e. The van der Waals surface area contributed by atoms with Gasteiger partial charge < -0.3 is 5.11 Å². The van der Waals surface area contributed by atoms with Gasteiger partial charge in [-0.25, -0.2) is 0 Å². The molecule has 0 spiro atoms. The molecule has 2 heteroatoms. The predicted molar refractivity (Wildman–Crippen MR) is 65.3 cm³/mol. The van der Waals surface area contributed by atoms with Gasteiger partial charge in [-0.3, -0.25) is 0 Å². The van der Waals surface area contributed by atoms with Crippen LogP contribution in [0.1, 0.15) is 38.7 Å². The van der Waals surface area contributed by atoms with Crippen LogP contribution in [-0.4, -0.2) is 10.7 Å². The van der Waals surface area contributed by atoms with E-state index in [-0.39, 0.29) is 0 Å². The Balaban J connectivity index is 2.74. The van der Waals surface area contributed by atoms with Gasteiger partial charge in [0.1, 0.15) is 0 Å². The molecule has 15 heavy (non-hydrogen) atoms. The molecule has 0 aliphatic carbocycles. The Morgan fingerprint density at radius 1 is 1.33 bits per heavy atom. The highest BCUT2D eigenvalue weighted by molar-refractivity contribution is 6.30. The molecule has 1 atom stereocenters. The van der Waals surface area contributed by atoms with Crippen molar-refractivity contribution >= 4 is 11.6 Å². The van der Waals surface area contributed by atoms with Gasteiger partial charge in [-0.05, 0) is 30.5 Å². The first-order chi connectivity index (χ1) is 7.09. The lowest BCUT2D eigenvalue weighted by atomic mass is 9.88. The Morgan fingerprint density at radius 2 is 2.07 bits per heavy atom. The standard InChI is InChI=1S/C13H19ClO/c1-3-8-13(15,4-2)10-11-6-5-7-12(14)9-11/h5-7,9,15H,3-4,8,10H2,1-2H3. The first kappa shape index (κ1) is 12.5. The highest BCUT2D eigenvalue weighted by Crippen LogP contribution is 2.24. The van der Waals surface area contributed by atoms with Gasteiger partial charge in [0.15, 0.2) is 0 Å². The van der Waals surface area contributed by atoms with Crippen molar-refractivity contribution in [1.82, 2.24) is 0 Å². The molecule has 0 aliphatic heterocycles. The maximum Gasteiger partial charge on any atom is 0.0685 e. The highest BCUT2D eigenvalue weighted by Gasteiger charge is 2.23. The van der Waals surface area contributed by atoms with Crippen LogP contribution in [0.25, 0.3) is 0 Å². The summed E-state index contributed by atoms with van der Waals surface area (Å²) in [6.07, 6.45) is 3.33. The summed E-state index contributed by atoms with van der Waals surface area (Å²) in [4.78, 5) is 0. The molecule has 84 valence electrons. The monoisotopic (exact) mass is 226 g/mol. The molecule has 0 heterocycles. The van der Waals surface area contributed by atoms with E-state index in [0.717, 1.165) is 29.8 Å². The Morgan fingerprint density at radius 3 is 2.60 bits per heavy atom. The van der Waals surface area contributed by atoms with E-state index in [2.05, 4.69) is 6.92 Å². The molecule has 0 fully saturated rings. The Labute approximate surface area is 97.1 Å². The van der Waals surface area contributed by atoms with Gasteiger partial charge in [-0.15, -0.1) is 0 Å². The second-order valence-corrected chi connectivity index (χ2v) is 4.57. The van der Waals surface area contributed by atoms with E-state index in [0.29, 0.717) is 6.42 Å². The zero-order valence-corrected chi connectivity index (χ0v) is 10.2.